The number of carbonyl (C=O) groups excluding carboxylic acids is 2. The van der Waals surface area contributed by atoms with Crippen LogP contribution in [-0.2, 0) is 22.6 Å². The van der Waals surface area contributed by atoms with Gasteiger partial charge in [-0.1, -0.05) is 48.5 Å². The Labute approximate surface area is 157 Å². The Hall–Kier alpha value is -3.84. The van der Waals surface area contributed by atoms with Gasteiger partial charge in [-0.25, -0.2) is 4.79 Å². The summed E-state index contributed by atoms with van der Waals surface area (Å²) >= 11 is 0. The van der Waals surface area contributed by atoms with Gasteiger partial charge >= 0.3 is 6.09 Å². The highest BCUT2D eigenvalue weighted by atomic mass is 16.5. The predicted molar refractivity (Wildman–Crippen MR) is 97.0 cm³/mol. The van der Waals surface area contributed by atoms with E-state index in [1.807, 2.05) is 36.4 Å². The largest absolute Gasteiger partial charge is 0.445 e. The number of nitrogens with zero attached hydrogens (tertiary/aromatic N) is 2. The number of ether oxygens (including phenoxy) is 1. The van der Waals surface area contributed by atoms with Crippen molar-refractivity contribution in [3.05, 3.63) is 71.3 Å². The number of amides is 2. The summed E-state index contributed by atoms with van der Waals surface area (Å²) in [4.78, 5) is 24.4. The summed E-state index contributed by atoms with van der Waals surface area (Å²) in [5.41, 5.74) is 1.84. The van der Waals surface area contributed by atoms with Crippen molar-refractivity contribution in [2.24, 2.45) is 0 Å². The molecule has 7 heteroatoms. The van der Waals surface area contributed by atoms with Gasteiger partial charge < -0.3 is 15.4 Å². The molecule has 0 aliphatic carbocycles. The van der Waals surface area contributed by atoms with Crippen LogP contribution >= 0.6 is 0 Å². The Morgan fingerprint density at radius 1 is 1.04 bits per heavy atom. The molecular weight excluding hydrogens is 344 g/mol. The molecule has 2 aromatic carbocycles. The molecule has 2 amide bonds. The van der Waals surface area contributed by atoms with Gasteiger partial charge in [-0.3, -0.25) is 4.79 Å². The summed E-state index contributed by atoms with van der Waals surface area (Å²) in [6, 6.07) is 18.8. The maximum absolute atomic E-state index is 12.3. The minimum Gasteiger partial charge on any atom is -0.445 e. The van der Waals surface area contributed by atoms with E-state index in [0.717, 1.165) is 5.56 Å². The van der Waals surface area contributed by atoms with Crippen LogP contribution < -0.4 is 10.6 Å². The van der Waals surface area contributed by atoms with Crippen molar-refractivity contribution in [3.63, 3.8) is 0 Å². The summed E-state index contributed by atoms with van der Waals surface area (Å²) in [5, 5.41) is 22.8. The van der Waals surface area contributed by atoms with Gasteiger partial charge in [0.05, 0.1) is 17.7 Å². The highest BCUT2D eigenvalue weighted by molar-refractivity contribution is 5.86. The first-order valence-corrected chi connectivity index (χ1v) is 8.24. The van der Waals surface area contributed by atoms with E-state index in [2.05, 4.69) is 16.7 Å². The third-order valence-electron chi connectivity index (χ3n) is 3.72. The summed E-state index contributed by atoms with van der Waals surface area (Å²) in [5.74, 6) is -0.527. The lowest BCUT2D eigenvalue weighted by Crippen LogP contribution is -2.48. The molecular formula is C20H18N4O3. The SMILES string of the molecule is N#CCNC(=O)[C@@H](Cc1ccccc1C#N)NC(=O)OCc1ccccc1. The molecule has 0 bridgehead atoms. The molecule has 7 nitrogen and oxygen atoms in total. The van der Waals surface area contributed by atoms with Crippen molar-refractivity contribution in [3.8, 4) is 12.1 Å². The standard InChI is InChI=1S/C20H18N4O3/c21-10-11-23-19(25)18(12-16-8-4-5-9-17(16)13-22)24-20(26)27-14-15-6-2-1-3-7-15/h1-9,18H,11-12,14H2,(H,23,25)(H,24,26)/t18-/m1/s1. The summed E-state index contributed by atoms with van der Waals surface area (Å²) < 4.78 is 5.15. The number of alkyl carbamates (subject to hydrolysis) is 1. The van der Waals surface area contributed by atoms with Crippen LogP contribution in [0.25, 0.3) is 0 Å². The van der Waals surface area contributed by atoms with E-state index < -0.39 is 18.0 Å². The highest BCUT2D eigenvalue weighted by Crippen LogP contribution is 2.11. The van der Waals surface area contributed by atoms with Gasteiger partial charge in [-0.2, -0.15) is 10.5 Å². The number of nitrogens with one attached hydrogen (secondary N) is 2. The minimum absolute atomic E-state index is 0.0635. The molecule has 0 unspecified atom stereocenters. The van der Waals surface area contributed by atoms with Crippen molar-refractivity contribution in [2.75, 3.05) is 6.54 Å². The Kier molecular flexibility index (Phi) is 7.37. The maximum Gasteiger partial charge on any atom is 0.408 e. The van der Waals surface area contributed by atoms with Crippen molar-refractivity contribution in [2.45, 2.75) is 19.1 Å². The Bertz CT molecular complexity index is 869. The number of benzene rings is 2. The van der Waals surface area contributed by atoms with Gasteiger partial charge in [-0.05, 0) is 17.2 Å². The van der Waals surface area contributed by atoms with E-state index in [0.29, 0.717) is 11.1 Å². The molecule has 0 saturated heterocycles. The fourth-order valence-corrected chi connectivity index (χ4v) is 2.39. The first kappa shape index (κ1) is 19.5. The lowest BCUT2D eigenvalue weighted by atomic mass is 10.0. The van der Waals surface area contributed by atoms with Gasteiger partial charge in [0, 0.05) is 6.42 Å². The molecule has 2 aromatic rings. The quantitative estimate of drug-likeness (QED) is 0.731. The van der Waals surface area contributed by atoms with Gasteiger partial charge in [0.15, 0.2) is 0 Å². The second kappa shape index (κ2) is 10.2. The predicted octanol–water partition coefficient (Wildman–Crippen LogP) is 2.04. The molecule has 0 saturated carbocycles. The average Bonchev–Trinajstić information content (AvgIpc) is 2.71. The van der Waals surface area contributed by atoms with E-state index in [1.54, 1.807) is 24.3 Å². The van der Waals surface area contributed by atoms with Crippen molar-refractivity contribution in [1.29, 1.82) is 10.5 Å². The zero-order valence-electron chi connectivity index (χ0n) is 14.5. The molecule has 0 aliphatic heterocycles. The van der Waals surface area contributed by atoms with Crippen molar-refractivity contribution < 1.29 is 14.3 Å². The van der Waals surface area contributed by atoms with E-state index in [4.69, 9.17) is 10.00 Å². The van der Waals surface area contributed by atoms with E-state index >= 15 is 0 Å². The minimum atomic E-state index is -0.976. The molecule has 0 spiro atoms. The topological polar surface area (TPSA) is 115 Å². The number of rotatable bonds is 7. The lowest BCUT2D eigenvalue weighted by Gasteiger charge is -2.18. The Morgan fingerprint density at radius 2 is 1.74 bits per heavy atom. The third kappa shape index (κ3) is 6.18. The normalized spacial score (nSPS) is 10.7. The third-order valence-corrected chi connectivity index (χ3v) is 3.72. The summed E-state index contributed by atoms with van der Waals surface area (Å²) in [7, 11) is 0. The number of carbonyl (C=O) groups is 2. The van der Waals surface area contributed by atoms with Crippen molar-refractivity contribution >= 4 is 12.0 Å². The van der Waals surface area contributed by atoms with Crippen LogP contribution in [0.1, 0.15) is 16.7 Å². The molecule has 0 aliphatic rings. The summed E-state index contributed by atoms with van der Waals surface area (Å²) in [6.07, 6.45) is -0.660. The van der Waals surface area contributed by atoms with Gasteiger partial charge in [0.1, 0.15) is 19.2 Å². The monoisotopic (exact) mass is 362 g/mol. The first-order chi connectivity index (χ1) is 13.1. The zero-order chi connectivity index (χ0) is 19.5. The average molecular weight is 362 g/mol. The summed E-state index contributed by atoms with van der Waals surface area (Å²) in [6.45, 7) is -0.121. The Morgan fingerprint density at radius 3 is 2.44 bits per heavy atom. The van der Waals surface area contributed by atoms with Crippen LogP contribution in [0.5, 0.6) is 0 Å². The van der Waals surface area contributed by atoms with Crippen LogP contribution in [0, 0.1) is 22.7 Å². The molecule has 136 valence electrons. The number of hydrogen-bond donors (Lipinski definition) is 2. The molecule has 0 aromatic heterocycles. The van der Waals surface area contributed by atoms with Crippen molar-refractivity contribution in [1.82, 2.24) is 10.6 Å². The lowest BCUT2D eigenvalue weighted by molar-refractivity contribution is -0.122. The Balaban J connectivity index is 2.05. The fraction of sp³-hybridized carbons (Fsp3) is 0.200. The van der Waals surface area contributed by atoms with Crippen LogP contribution in [0.15, 0.2) is 54.6 Å². The fourth-order valence-electron chi connectivity index (χ4n) is 2.39. The maximum atomic E-state index is 12.3. The zero-order valence-corrected chi connectivity index (χ0v) is 14.5. The van der Waals surface area contributed by atoms with Gasteiger partial charge in [0.25, 0.3) is 0 Å². The molecule has 27 heavy (non-hydrogen) atoms. The molecule has 2 N–H and O–H groups in total. The van der Waals surface area contributed by atoms with Gasteiger partial charge in [0.2, 0.25) is 5.91 Å². The number of nitriles is 2. The highest BCUT2D eigenvalue weighted by Gasteiger charge is 2.23. The second-order valence-electron chi connectivity index (χ2n) is 5.61. The number of hydrogen-bond acceptors (Lipinski definition) is 5. The molecule has 0 heterocycles. The molecule has 0 radical (unpaired) electrons. The molecule has 0 fully saturated rings. The van der Waals surface area contributed by atoms with Gasteiger partial charge in [-0.15, -0.1) is 0 Å². The second-order valence-corrected chi connectivity index (χ2v) is 5.61. The van der Waals surface area contributed by atoms with Crippen LogP contribution in [0.4, 0.5) is 4.79 Å². The van der Waals surface area contributed by atoms with Crippen LogP contribution in [-0.4, -0.2) is 24.6 Å². The van der Waals surface area contributed by atoms with Crippen LogP contribution in [0.3, 0.4) is 0 Å². The molecule has 2 rings (SSSR count). The smallest absolute Gasteiger partial charge is 0.408 e. The van der Waals surface area contributed by atoms with E-state index in [-0.39, 0.29) is 19.6 Å². The first-order valence-electron chi connectivity index (χ1n) is 8.24. The molecule has 1 atom stereocenters. The van der Waals surface area contributed by atoms with E-state index in [9.17, 15) is 14.9 Å². The van der Waals surface area contributed by atoms with Crippen LogP contribution in [0.2, 0.25) is 0 Å². The van der Waals surface area contributed by atoms with E-state index in [1.165, 1.54) is 0 Å².